The molecule has 136 valence electrons. The van der Waals surface area contributed by atoms with E-state index in [4.69, 9.17) is 10.7 Å². The number of benzene rings is 1. The van der Waals surface area contributed by atoms with E-state index in [1.54, 1.807) is 17.3 Å². The summed E-state index contributed by atoms with van der Waals surface area (Å²) in [6.07, 6.45) is 4.65. The molecule has 2 aromatic heterocycles. The fourth-order valence-corrected chi connectivity index (χ4v) is 3.56. The van der Waals surface area contributed by atoms with Crippen LogP contribution in [0.4, 0.5) is 0 Å². The maximum atomic E-state index is 13.2. The number of carbonyl (C=O) groups is 2. The van der Waals surface area contributed by atoms with E-state index in [9.17, 15) is 9.59 Å². The molecular weight excluding hydrogens is 340 g/mol. The first-order valence-corrected chi connectivity index (χ1v) is 9.02. The van der Waals surface area contributed by atoms with Crippen molar-refractivity contribution < 1.29 is 9.59 Å². The summed E-state index contributed by atoms with van der Waals surface area (Å²) < 4.78 is 0. The van der Waals surface area contributed by atoms with E-state index >= 15 is 0 Å². The normalized spacial score (nSPS) is 15.0. The van der Waals surface area contributed by atoms with Gasteiger partial charge in [-0.2, -0.15) is 0 Å². The van der Waals surface area contributed by atoms with Crippen molar-refractivity contribution in [2.24, 2.45) is 11.7 Å². The Morgan fingerprint density at radius 1 is 1.04 bits per heavy atom. The third-order valence-corrected chi connectivity index (χ3v) is 5.11. The molecule has 0 unspecified atom stereocenters. The monoisotopic (exact) mass is 360 g/mol. The molecule has 4 rings (SSSR count). The molecule has 3 aromatic rings. The zero-order valence-electron chi connectivity index (χ0n) is 14.8. The van der Waals surface area contributed by atoms with Crippen LogP contribution in [0.5, 0.6) is 0 Å². The number of piperidine rings is 1. The van der Waals surface area contributed by atoms with Crippen LogP contribution in [0.3, 0.4) is 0 Å². The summed E-state index contributed by atoms with van der Waals surface area (Å²) in [6.45, 7) is 1.07. The lowest BCUT2D eigenvalue weighted by atomic mass is 9.95. The van der Waals surface area contributed by atoms with Gasteiger partial charge in [0.25, 0.3) is 5.91 Å². The van der Waals surface area contributed by atoms with Gasteiger partial charge in [0.15, 0.2) is 0 Å². The van der Waals surface area contributed by atoms with Gasteiger partial charge in [0.05, 0.1) is 16.8 Å². The Bertz CT molecular complexity index is 995. The second-order valence-corrected chi connectivity index (χ2v) is 6.78. The SMILES string of the molecule is NC(=O)C1CCN(C(=O)c2cc(-c3ccncc3)nc3ccccc23)CC1. The van der Waals surface area contributed by atoms with Gasteiger partial charge in [-0.1, -0.05) is 18.2 Å². The molecule has 0 bridgehead atoms. The number of hydrogen-bond donors (Lipinski definition) is 1. The van der Waals surface area contributed by atoms with Crippen molar-refractivity contribution in [3.8, 4) is 11.3 Å². The second-order valence-electron chi connectivity index (χ2n) is 6.78. The number of primary amides is 1. The Kier molecular flexibility index (Phi) is 4.54. The number of likely N-dealkylation sites (tertiary alicyclic amines) is 1. The average molecular weight is 360 g/mol. The highest BCUT2D eigenvalue weighted by Gasteiger charge is 2.27. The number of rotatable bonds is 3. The van der Waals surface area contributed by atoms with Gasteiger partial charge < -0.3 is 10.6 Å². The predicted octanol–water partition coefficient (Wildman–Crippen LogP) is 2.63. The number of carbonyl (C=O) groups excluding carboxylic acids is 2. The first kappa shape index (κ1) is 17.1. The van der Waals surface area contributed by atoms with Gasteiger partial charge >= 0.3 is 0 Å². The lowest BCUT2D eigenvalue weighted by Gasteiger charge is -2.31. The Morgan fingerprint density at radius 3 is 2.44 bits per heavy atom. The smallest absolute Gasteiger partial charge is 0.254 e. The summed E-state index contributed by atoms with van der Waals surface area (Å²) in [6, 6.07) is 13.3. The van der Waals surface area contributed by atoms with Crippen molar-refractivity contribution in [2.75, 3.05) is 13.1 Å². The highest BCUT2D eigenvalue weighted by atomic mass is 16.2. The summed E-state index contributed by atoms with van der Waals surface area (Å²) in [7, 11) is 0. The van der Waals surface area contributed by atoms with Gasteiger partial charge in [0.1, 0.15) is 0 Å². The van der Waals surface area contributed by atoms with Gasteiger partial charge in [0.2, 0.25) is 5.91 Å². The third kappa shape index (κ3) is 3.38. The third-order valence-electron chi connectivity index (χ3n) is 5.11. The van der Waals surface area contributed by atoms with Crippen LogP contribution in [0, 0.1) is 5.92 Å². The summed E-state index contributed by atoms with van der Waals surface area (Å²) in [5, 5.41) is 0.831. The van der Waals surface area contributed by atoms with Crippen molar-refractivity contribution in [2.45, 2.75) is 12.8 Å². The van der Waals surface area contributed by atoms with Gasteiger partial charge in [-0.15, -0.1) is 0 Å². The van der Waals surface area contributed by atoms with Gasteiger partial charge in [-0.3, -0.25) is 14.6 Å². The van der Waals surface area contributed by atoms with E-state index in [1.165, 1.54) is 0 Å². The minimum Gasteiger partial charge on any atom is -0.369 e. The van der Waals surface area contributed by atoms with E-state index in [1.807, 2.05) is 42.5 Å². The molecule has 0 atom stereocenters. The van der Waals surface area contributed by atoms with Crippen LogP contribution in [-0.2, 0) is 4.79 Å². The Balaban J connectivity index is 1.72. The maximum absolute atomic E-state index is 13.2. The summed E-state index contributed by atoms with van der Waals surface area (Å²) in [5.41, 5.74) is 8.47. The summed E-state index contributed by atoms with van der Waals surface area (Å²) in [5.74, 6) is -0.459. The van der Waals surface area contributed by atoms with Gasteiger partial charge in [0, 0.05) is 42.4 Å². The zero-order chi connectivity index (χ0) is 18.8. The molecule has 1 aliphatic rings. The maximum Gasteiger partial charge on any atom is 0.254 e. The zero-order valence-corrected chi connectivity index (χ0v) is 14.8. The Labute approximate surface area is 157 Å². The van der Waals surface area contributed by atoms with Crippen molar-refractivity contribution in [1.82, 2.24) is 14.9 Å². The molecular formula is C21H20N4O2. The molecule has 0 spiro atoms. The number of nitrogens with zero attached hydrogens (tertiary/aromatic N) is 3. The van der Waals surface area contributed by atoms with E-state index in [0.717, 1.165) is 22.2 Å². The Hall–Kier alpha value is -3.28. The van der Waals surface area contributed by atoms with Crippen LogP contribution in [0.2, 0.25) is 0 Å². The number of hydrogen-bond acceptors (Lipinski definition) is 4. The minimum atomic E-state index is -0.281. The van der Waals surface area contributed by atoms with Gasteiger partial charge in [-0.25, -0.2) is 4.98 Å². The fourth-order valence-electron chi connectivity index (χ4n) is 3.56. The van der Waals surface area contributed by atoms with E-state index in [2.05, 4.69) is 4.98 Å². The number of pyridine rings is 2. The molecule has 1 aromatic carbocycles. The molecule has 1 fully saturated rings. The number of nitrogens with two attached hydrogens (primary N) is 1. The minimum absolute atomic E-state index is 0.0353. The van der Waals surface area contributed by atoms with Crippen LogP contribution < -0.4 is 5.73 Å². The fraction of sp³-hybridized carbons (Fsp3) is 0.238. The number of para-hydroxylation sites is 1. The van der Waals surface area contributed by atoms with Crippen molar-refractivity contribution >= 4 is 22.7 Å². The molecule has 2 N–H and O–H groups in total. The van der Waals surface area contributed by atoms with E-state index in [-0.39, 0.29) is 17.7 Å². The summed E-state index contributed by atoms with van der Waals surface area (Å²) in [4.78, 5) is 35.2. The Morgan fingerprint density at radius 2 is 1.74 bits per heavy atom. The van der Waals surface area contributed by atoms with Crippen LogP contribution in [0.1, 0.15) is 23.2 Å². The van der Waals surface area contributed by atoms with Crippen molar-refractivity contribution in [3.63, 3.8) is 0 Å². The molecule has 2 amide bonds. The number of aromatic nitrogens is 2. The number of fused-ring (bicyclic) bond motifs is 1. The standard InChI is InChI=1S/C21H20N4O2/c22-20(26)15-7-11-25(12-8-15)21(27)17-13-19(14-5-9-23-10-6-14)24-18-4-2-1-3-16(17)18/h1-6,9-10,13,15H,7-8,11-12H2,(H2,22,26). The molecule has 0 saturated carbocycles. The molecule has 6 nitrogen and oxygen atoms in total. The lowest BCUT2D eigenvalue weighted by Crippen LogP contribution is -2.41. The molecule has 0 radical (unpaired) electrons. The first-order valence-electron chi connectivity index (χ1n) is 9.02. The quantitative estimate of drug-likeness (QED) is 0.777. The largest absolute Gasteiger partial charge is 0.369 e. The molecule has 1 saturated heterocycles. The van der Waals surface area contributed by atoms with Crippen LogP contribution in [-0.4, -0.2) is 39.8 Å². The molecule has 27 heavy (non-hydrogen) atoms. The highest BCUT2D eigenvalue weighted by Crippen LogP contribution is 2.27. The molecule has 6 heteroatoms. The second kappa shape index (κ2) is 7.15. The molecule has 0 aliphatic carbocycles. The van der Waals surface area contributed by atoms with Gasteiger partial charge in [-0.05, 0) is 37.1 Å². The van der Waals surface area contributed by atoms with Crippen molar-refractivity contribution in [1.29, 1.82) is 0 Å². The van der Waals surface area contributed by atoms with Crippen LogP contribution in [0.15, 0.2) is 54.9 Å². The van der Waals surface area contributed by atoms with Crippen LogP contribution >= 0.6 is 0 Å². The van der Waals surface area contributed by atoms with Crippen LogP contribution in [0.25, 0.3) is 22.2 Å². The van der Waals surface area contributed by atoms with Crippen molar-refractivity contribution in [3.05, 3.63) is 60.4 Å². The summed E-state index contributed by atoms with van der Waals surface area (Å²) >= 11 is 0. The van der Waals surface area contributed by atoms with E-state index < -0.39 is 0 Å². The molecule has 3 heterocycles. The molecule has 1 aliphatic heterocycles. The average Bonchev–Trinajstić information content (AvgIpc) is 2.73. The first-order chi connectivity index (χ1) is 13.1. The highest BCUT2D eigenvalue weighted by molar-refractivity contribution is 6.07. The lowest BCUT2D eigenvalue weighted by molar-refractivity contribution is -0.123. The topological polar surface area (TPSA) is 89.2 Å². The number of amides is 2. The van der Waals surface area contributed by atoms with E-state index in [0.29, 0.717) is 31.5 Å². The predicted molar refractivity (Wildman–Crippen MR) is 103 cm³/mol.